The van der Waals surface area contributed by atoms with Gasteiger partial charge in [0.15, 0.2) is 6.04 Å². The third kappa shape index (κ3) is 8.96. The summed E-state index contributed by atoms with van der Waals surface area (Å²) in [6.45, 7) is 0. The Labute approximate surface area is 150 Å². The fourth-order valence-electron chi connectivity index (χ4n) is 2.62. The van der Waals surface area contributed by atoms with Crippen molar-refractivity contribution < 1.29 is 14.7 Å². The summed E-state index contributed by atoms with van der Waals surface area (Å²) in [4.78, 5) is 23.3. The van der Waals surface area contributed by atoms with Crippen molar-refractivity contribution in [3.63, 3.8) is 0 Å². The molecule has 4 nitrogen and oxygen atoms in total. The number of rotatable bonds is 13. The monoisotopic (exact) mass is 351 g/mol. The van der Waals surface area contributed by atoms with Gasteiger partial charge >= 0.3 is 5.97 Å². The van der Waals surface area contributed by atoms with E-state index in [0.29, 0.717) is 12.0 Å². The van der Waals surface area contributed by atoms with Gasteiger partial charge < -0.3 is 10.4 Å². The molecule has 24 heavy (non-hydrogen) atoms. The molecule has 134 valence electrons. The maximum Gasteiger partial charge on any atom is 0.330 e. The average molecular weight is 352 g/mol. The molecule has 0 saturated carbocycles. The fraction of sp³-hybridized carbons (Fsp3) is 0.579. The Hall–Kier alpha value is -1.49. The van der Waals surface area contributed by atoms with Crippen molar-refractivity contribution in [1.82, 2.24) is 5.32 Å². The van der Waals surface area contributed by atoms with Crippen LogP contribution in [0.25, 0.3) is 0 Å². The van der Waals surface area contributed by atoms with Crippen LogP contribution in [0.4, 0.5) is 0 Å². The number of carbonyl (C=O) groups is 2. The van der Waals surface area contributed by atoms with Gasteiger partial charge in [-0.15, -0.1) is 0 Å². The van der Waals surface area contributed by atoms with E-state index < -0.39 is 12.0 Å². The van der Waals surface area contributed by atoms with Crippen LogP contribution in [0.3, 0.4) is 0 Å². The van der Waals surface area contributed by atoms with Crippen LogP contribution in [0.1, 0.15) is 69.4 Å². The first-order valence-electron chi connectivity index (χ1n) is 8.83. The molecule has 0 aliphatic carbocycles. The Balaban J connectivity index is 2.17. The molecular weight excluding hydrogens is 322 g/mol. The van der Waals surface area contributed by atoms with Crippen LogP contribution in [-0.4, -0.2) is 22.7 Å². The van der Waals surface area contributed by atoms with Crippen molar-refractivity contribution in [3.8, 4) is 0 Å². The van der Waals surface area contributed by atoms with Gasteiger partial charge in [0, 0.05) is 6.42 Å². The van der Waals surface area contributed by atoms with E-state index in [1.165, 1.54) is 32.1 Å². The number of carbonyl (C=O) groups excluding carboxylic acids is 1. The molecule has 1 aromatic carbocycles. The maximum absolute atomic E-state index is 12.0. The lowest BCUT2D eigenvalue weighted by Crippen LogP contribution is -2.33. The van der Waals surface area contributed by atoms with E-state index in [2.05, 4.69) is 17.9 Å². The van der Waals surface area contributed by atoms with Crippen LogP contribution in [0, 0.1) is 0 Å². The fourth-order valence-corrected chi connectivity index (χ4v) is 2.85. The molecule has 0 aliphatic heterocycles. The summed E-state index contributed by atoms with van der Waals surface area (Å²) in [5.74, 6) is -0.258. The van der Waals surface area contributed by atoms with Gasteiger partial charge in [0.1, 0.15) is 0 Å². The Morgan fingerprint density at radius 3 is 2.00 bits per heavy atom. The number of amides is 1. The second-order valence-electron chi connectivity index (χ2n) is 6.05. The quantitative estimate of drug-likeness (QED) is 0.365. The summed E-state index contributed by atoms with van der Waals surface area (Å²) in [5, 5.41) is 11.9. The van der Waals surface area contributed by atoms with E-state index in [4.69, 9.17) is 0 Å². The van der Waals surface area contributed by atoms with Crippen molar-refractivity contribution in [2.75, 3.05) is 5.75 Å². The molecule has 0 saturated heterocycles. The molecule has 0 spiro atoms. The van der Waals surface area contributed by atoms with Gasteiger partial charge in [-0.3, -0.25) is 4.79 Å². The third-order valence-electron chi connectivity index (χ3n) is 4.00. The molecule has 0 heterocycles. The van der Waals surface area contributed by atoms with Crippen molar-refractivity contribution >= 4 is 24.5 Å². The maximum atomic E-state index is 12.0. The van der Waals surface area contributed by atoms with Gasteiger partial charge in [0.25, 0.3) is 0 Å². The minimum Gasteiger partial charge on any atom is -0.479 e. The summed E-state index contributed by atoms with van der Waals surface area (Å²) in [5.41, 5.74) is 0.597. The Morgan fingerprint density at radius 2 is 1.46 bits per heavy atom. The predicted octanol–water partition coefficient (Wildman–Crippen LogP) is 4.37. The predicted molar refractivity (Wildman–Crippen MR) is 100 cm³/mol. The van der Waals surface area contributed by atoms with Gasteiger partial charge in [-0.1, -0.05) is 68.9 Å². The molecule has 1 aromatic rings. The molecule has 5 heteroatoms. The lowest BCUT2D eigenvalue weighted by Gasteiger charge is -2.14. The molecule has 0 radical (unpaired) electrons. The van der Waals surface area contributed by atoms with Crippen LogP contribution in [-0.2, 0) is 9.59 Å². The zero-order chi connectivity index (χ0) is 17.6. The van der Waals surface area contributed by atoms with E-state index in [0.717, 1.165) is 25.0 Å². The summed E-state index contributed by atoms with van der Waals surface area (Å²) in [7, 11) is 0. The SMILES string of the molecule is O=C(CCCCCCCCCCS)N[C@@H](C(=O)O)c1ccccc1. The molecule has 1 atom stereocenters. The normalized spacial score (nSPS) is 11.9. The van der Waals surface area contributed by atoms with Crippen LogP contribution >= 0.6 is 12.6 Å². The number of hydrogen-bond acceptors (Lipinski definition) is 3. The molecule has 2 N–H and O–H groups in total. The number of carboxylic acid groups (broad SMARTS) is 1. The lowest BCUT2D eigenvalue weighted by molar-refractivity contribution is -0.142. The van der Waals surface area contributed by atoms with Crippen molar-refractivity contribution in [3.05, 3.63) is 35.9 Å². The molecular formula is C19H29NO3S. The number of aliphatic carboxylic acids is 1. The molecule has 0 aromatic heterocycles. The second-order valence-corrected chi connectivity index (χ2v) is 6.50. The molecule has 1 amide bonds. The van der Waals surface area contributed by atoms with Gasteiger partial charge in [-0.2, -0.15) is 12.6 Å². The topological polar surface area (TPSA) is 66.4 Å². The van der Waals surface area contributed by atoms with Gasteiger partial charge in [0.2, 0.25) is 5.91 Å². The summed E-state index contributed by atoms with van der Waals surface area (Å²) >= 11 is 4.20. The zero-order valence-electron chi connectivity index (χ0n) is 14.2. The van der Waals surface area contributed by atoms with Gasteiger partial charge in [0.05, 0.1) is 0 Å². The number of hydrogen-bond donors (Lipinski definition) is 3. The highest BCUT2D eigenvalue weighted by atomic mass is 32.1. The highest BCUT2D eigenvalue weighted by molar-refractivity contribution is 7.80. The summed E-state index contributed by atoms with van der Waals surface area (Å²) in [6, 6.07) is 7.83. The van der Waals surface area contributed by atoms with Crippen molar-refractivity contribution in [2.45, 2.75) is 63.8 Å². The lowest BCUT2D eigenvalue weighted by atomic mass is 10.1. The molecule has 0 aliphatic rings. The van der Waals surface area contributed by atoms with Gasteiger partial charge in [-0.05, 0) is 24.2 Å². The molecule has 0 fully saturated rings. The highest BCUT2D eigenvalue weighted by Crippen LogP contribution is 2.14. The summed E-state index contributed by atoms with van der Waals surface area (Å²) in [6.07, 6.45) is 9.50. The zero-order valence-corrected chi connectivity index (χ0v) is 15.1. The molecule has 0 unspecified atom stereocenters. The number of unbranched alkanes of at least 4 members (excludes halogenated alkanes) is 7. The first-order chi connectivity index (χ1) is 11.6. The van der Waals surface area contributed by atoms with Crippen molar-refractivity contribution in [1.29, 1.82) is 0 Å². The Kier molecular flexibility index (Phi) is 11.0. The number of benzene rings is 1. The number of nitrogens with one attached hydrogen (secondary N) is 1. The van der Waals surface area contributed by atoms with Crippen LogP contribution < -0.4 is 5.32 Å². The highest BCUT2D eigenvalue weighted by Gasteiger charge is 2.21. The summed E-state index contributed by atoms with van der Waals surface area (Å²) < 4.78 is 0. The number of thiol groups is 1. The van der Waals surface area contributed by atoms with Crippen molar-refractivity contribution in [2.24, 2.45) is 0 Å². The Morgan fingerprint density at radius 1 is 0.917 bits per heavy atom. The van der Waals surface area contributed by atoms with E-state index in [1.54, 1.807) is 24.3 Å². The van der Waals surface area contributed by atoms with E-state index in [9.17, 15) is 14.7 Å². The van der Waals surface area contributed by atoms with Crippen LogP contribution in [0.2, 0.25) is 0 Å². The first-order valence-corrected chi connectivity index (χ1v) is 9.46. The van der Waals surface area contributed by atoms with Crippen LogP contribution in [0.15, 0.2) is 30.3 Å². The minimum absolute atomic E-state index is 0.194. The average Bonchev–Trinajstić information content (AvgIpc) is 2.58. The number of carboxylic acids is 1. The molecule has 0 bridgehead atoms. The minimum atomic E-state index is -1.03. The van der Waals surface area contributed by atoms with E-state index >= 15 is 0 Å². The third-order valence-corrected chi connectivity index (χ3v) is 4.31. The van der Waals surface area contributed by atoms with E-state index in [1.807, 2.05) is 6.07 Å². The smallest absolute Gasteiger partial charge is 0.330 e. The Bertz CT molecular complexity index is 479. The second kappa shape index (κ2) is 12.9. The molecule has 1 rings (SSSR count). The largest absolute Gasteiger partial charge is 0.479 e. The van der Waals surface area contributed by atoms with Gasteiger partial charge in [-0.25, -0.2) is 4.79 Å². The van der Waals surface area contributed by atoms with E-state index in [-0.39, 0.29) is 5.91 Å². The standard InChI is InChI=1S/C19H29NO3S/c21-17(14-10-5-3-1-2-4-6-11-15-24)20-18(19(22)23)16-12-8-7-9-13-16/h7-9,12-13,18,24H,1-6,10-11,14-15H2,(H,20,21)(H,22,23)/t18-/m1/s1. The first kappa shape index (κ1) is 20.6. The van der Waals surface area contributed by atoms with Crippen LogP contribution in [0.5, 0.6) is 0 Å².